The van der Waals surface area contributed by atoms with Crippen molar-refractivity contribution in [2.24, 2.45) is 0 Å². The van der Waals surface area contributed by atoms with Gasteiger partial charge in [0.25, 0.3) is 0 Å². The van der Waals surface area contributed by atoms with E-state index in [1.54, 1.807) is 0 Å². The van der Waals surface area contributed by atoms with Gasteiger partial charge in [0, 0.05) is 32.0 Å². The number of esters is 2. The lowest BCUT2D eigenvalue weighted by atomic mass is 10.1. The Morgan fingerprint density at radius 3 is 2.73 bits per heavy atom. The van der Waals surface area contributed by atoms with E-state index in [9.17, 15) is 14.4 Å². The Labute approximate surface area is 150 Å². The zero-order valence-corrected chi connectivity index (χ0v) is 14.9. The molecule has 1 aromatic heterocycles. The van der Waals surface area contributed by atoms with Crippen molar-refractivity contribution in [3.63, 3.8) is 0 Å². The Balaban J connectivity index is 2.32. The summed E-state index contributed by atoms with van der Waals surface area (Å²) in [4.78, 5) is 38.5. The monoisotopic (exact) mass is 369 g/mol. The highest BCUT2D eigenvalue weighted by atomic mass is 16.6. The molecule has 10 nitrogen and oxygen atoms in total. The summed E-state index contributed by atoms with van der Waals surface area (Å²) in [7, 11) is 0. The fourth-order valence-corrected chi connectivity index (χ4v) is 2.84. The van der Waals surface area contributed by atoms with E-state index in [0.29, 0.717) is 12.0 Å². The third kappa shape index (κ3) is 4.79. The normalized spacial score (nSPS) is 22.1. The summed E-state index contributed by atoms with van der Waals surface area (Å²) in [5.41, 5.74) is 1.86. The molecule has 2 heterocycles. The molecule has 0 bridgehead atoms. The Kier molecular flexibility index (Phi) is 6.70. The van der Waals surface area contributed by atoms with Gasteiger partial charge < -0.3 is 14.2 Å². The molecule has 1 fully saturated rings. The van der Waals surface area contributed by atoms with Gasteiger partial charge in [-0.3, -0.25) is 24.8 Å². The molecule has 2 N–H and O–H groups in total. The first kappa shape index (κ1) is 19.9. The lowest BCUT2D eigenvalue weighted by Gasteiger charge is -2.21. The summed E-state index contributed by atoms with van der Waals surface area (Å²) in [5.74, 6) is -0.893. The number of carbonyl (C=O) groups is 2. The maximum absolute atomic E-state index is 12.3. The van der Waals surface area contributed by atoms with Gasteiger partial charge in [0.15, 0.2) is 12.0 Å². The van der Waals surface area contributed by atoms with E-state index in [2.05, 4.69) is 4.98 Å². The standard InChI is InChI=1S/C16H23N3O7/c1-4-5-11-7-19(16(22)17-14(11)18-23)15-13(25-10(3)21)6-12(26-15)8-24-9(2)20/h7,12-13,15,23H,4-6,8H2,1-3H3,(H,17,18,22)/t12-,13+,15+/m0/s1. The smallest absolute Gasteiger partial charge is 0.351 e. The molecule has 1 aliphatic rings. The van der Waals surface area contributed by atoms with Crippen molar-refractivity contribution in [2.75, 3.05) is 12.1 Å². The minimum atomic E-state index is -0.900. The largest absolute Gasteiger partial charge is 0.463 e. The quantitative estimate of drug-likeness (QED) is 0.529. The van der Waals surface area contributed by atoms with Gasteiger partial charge in [-0.25, -0.2) is 4.79 Å². The number of aryl methyl sites for hydroxylation is 1. The fourth-order valence-electron chi connectivity index (χ4n) is 2.84. The molecule has 144 valence electrons. The Morgan fingerprint density at radius 1 is 1.42 bits per heavy atom. The molecular formula is C16H23N3O7. The topological polar surface area (TPSA) is 129 Å². The van der Waals surface area contributed by atoms with Crippen LogP contribution in [0, 0.1) is 0 Å². The molecule has 10 heteroatoms. The third-order valence-corrected chi connectivity index (χ3v) is 3.86. The summed E-state index contributed by atoms with van der Waals surface area (Å²) >= 11 is 0. The number of carbonyl (C=O) groups excluding carboxylic acids is 2. The van der Waals surface area contributed by atoms with E-state index >= 15 is 0 Å². The van der Waals surface area contributed by atoms with Crippen molar-refractivity contribution in [3.8, 4) is 0 Å². The second-order valence-electron chi connectivity index (χ2n) is 6.00. The Hall–Kier alpha value is -2.46. The maximum Gasteiger partial charge on any atom is 0.351 e. The van der Waals surface area contributed by atoms with Gasteiger partial charge in [0.05, 0.1) is 6.10 Å². The number of anilines is 1. The van der Waals surface area contributed by atoms with E-state index in [-0.39, 0.29) is 18.8 Å². The maximum atomic E-state index is 12.3. The van der Waals surface area contributed by atoms with Crippen molar-refractivity contribution in [2.45, 2.75) is 58.5 Å². The van der Waals surface area contributed by atoms with Crippen LogP contribution >= 0.6 is 0 Å². The fraction of sp³-hybridized carbons (Fsp3) is 0.625. The van der Waals surface area contributed by atoms with Crippen LogP contribution in [0.15, 0.2) is 11.0 Å². The van der Waals surface area contributed by atoms with Gasteiger partial charge in [0.2, 0.25) is 0 Å². The van der Waals surface area contributed by atoms with Crippen LogP contribution < -0.4 is 11.2 Å². The number of hydrogen-bond donors (Lipinski definition) is 2. The zero-order chi connectivity index (χ0) is 19.3. The molecule has 1 aliphatic heterocycles. The predicted octanol–water partition coefficient (Wildman–Crippen LogP) is 0.779. The molecule has 26 heavy (non-hydrogen) atoms. The number of hydrogen-bond acceptors (Lipinski definition) is 9. The van der Waals surface area contributed by atoms with Gasteiger partial charge in [-0.1, -0.05) is 13.3 Å². The van der Waals surface area contributed by atoms with E-state index in [1.807, 2.05) is 12.4 Å². The highest BCUT2D eigenvalue weighted by molar-refractivity contribution is 5.66. The van der Waals surface area contributed by atoms with Crippen LogP contribution in [0.5, 0.6) is 0 Å². The SMILES string of the molecule is CCCc1cn([C@@H]2O[C@H](COC(C)=O)C[C@H]2OC(C)=O)c(=O)nc1NO. The summed E-state index contributed by atoms with van der Waals surface area (Å²) < 4.78 is 17.2. The Bertz CT molecular complexity index is 718. The van der Waals surface area contributed by atoms with Gasteiger partial charge in [0.1, 0.15) is 12.7 Å². The molecule has 0 saturated carbocycles. The van der Waals surface area contributed by atoms with Gasteiger partial charge >= 0.3 is 17.6 Å². The number of aromatic nitrogens is 2. The minimum absolute atomic E-state index is 0.0100. The molecular weight excluding hydrogens is 346 g/mol. The molecule has 0 unspecified atom stereocenters. The first-order chi connectivity index (χ1) is 12.3. The summed E-state index contributed by atoms with van der Waals surface area (Å²) in [6.45, 7) is 4.48. The van der Waals surface area contributed by atoms with E-state index in [0.717, 1.165) is 6.42 Å². The molecule has 0 spiro atoms. The van der Waals surface area contributed by atoms with Crippen LogP contribution in [0.3, 0.4) is 0 Å². The molecule has 1 saturated heterocycles. The molecule has 0 amide bonds. The van der Waals surface area contributed by atoms with Crippen molar-refractivity contribution in [3.05, 3.63) is 22.2 Å². The van der Waals surface area contributed by atoms with Gasteiger partial charge in [-0.05, 0) is 6.42 Å². The summed E-state index contributed by atoms with van der Waals surface area (Å²) in [5, 5.41) is 9.15. The second-order valence-corrected chi connectivity index (χ2v) is 6.00. The third-order valence-electron chi connectivity index (χ3n) is 3.86. The Morgan fingerprint density at radius 2 is 2.15 bits per heavy atom. The number of rotatable bonds is 7. The van der Waals surface area contributed by atoms with Crippen LogP contribution in [0.4, 0.5) is 5.82 Å². The van der Waals surface area contributed by atoms with Crippen LogP contribution in [0.25, 0.3) is 0 Å². The summed E-state index contributed by atoms with van der Waals surface area (Å²) in [6, 6.07) is 0. The van der Waals surface area contributed by atoms with Crippen LogP contribution in [-0.4, -0.2) is 45.5 Å². The van der Waals surface area contributed by atoms with Gasteiger partial charge in [-0.15, -0.1) is 0 Å². The predicted molar refractivity (Wildman–Crippen MR) is 88.6 cm³/mol. The lowest BCUT2D eigenvalue weighted by Crippen LogP contribution is -2.34. The highest BCUT2D eigenvalue weighted by Crippen LogP contribution is 2.31. The average Bonchev–Trinajstić information content (AvgIpc) is 2.96. The number of nitrogens with zero attached hydrogens (tertiary/aromatic N) is 2. The van der Waals surface area contributed by atoms with Crippen molar-refractivity contribution < 1.29 is 29.0 Å². The van der Waals surface area contributed by atoms with Crippen molar-refractivity contribution in [1.29, 1.82) is 0 Å². The number of nitrogens with one attached hydrogen (secondary N) is 1. The van der Waals surface area contributed by atoms with Crippen molar-refractivity contribution in [1.82, 2.24) is 9.55 Å². The van der Waals surface area contributed by atoms with Crippen molar-refractivity contribution >= 4 is 17.8 Å². The first-order valence-corrected chi connectivity index (χ1v) is 8.33. The zero-order valence-electron chi connectivity index (χ0n) is 14.9. The van der Waals surface area contributed by atoms with E-state index < -0.39 is 36.1 Å². The first-order valence-electron chi connectivity index (χ1n) is 8.33. The number of ether oxygens (including phenoxy) is 3. The molecule has 0 aromatic carbocycles. The van der Waals surface area contributed by atoms with E-state index in [1.165, 1.54) is 24.6 Å². The molecule has 1 aromatic rings. The van der Waals surface area contributed by atoms with E-state index in [4.69, 9.17) is 19.4 Å². The minimum Gasteiger partial charge on any atom is -0.463 e. The molecule has 0 aliphatic carbocycles. The molecule has 0 radical (unpaired) electrons. The lowest BCUT2D eigenvalue weighted by molar-refractivity contribution is -0.153. The second kappa shape index (κ2) is 8.77. The van der Waals surface area contributed by atoms with Gasteiger partial charge in [-0.2, -0.15) is 4.98 Å². The molecule has 2 rings (SSSR count). The van der Waals surface area contributed by atoms with Crippen LogP contribution in [0.1, 0.15) is 45.4 Å². The molecule has 3 atom stereocenters. The highest BCUT2D eigenvalue weighted by Gasteiger charge is 2.40. The van der Waals surface area contributed by atoms with Crippen LogP contribution in [0.2, 0.25) is 0 Å². The van der Waals surface area contributed by atoms with Crippen LogP contribution in [-0.2, 0) is 30.2 Å². The average molecular weight is 369 g/mol. The summed E-state index contributed by atoms with van der Waals surface area (Å²) in [6.07, 6.45) is 0.976.